The van der Waals surface area contributed by atoms with Crippen molar-refractivity contribution in [2.75, 3.05) is 0 Å². The van der Waals surface area contributed by atoms with Crippen LogP contribution in [0.4, 0.5) is 8.78 Å². The Labute approximate surface area is 117 Å². The number of hydrogen-bond acceptors (Lipinski definition) is 3. The maximum Gasteiger partial charge on any atom is 0.387 e. The number of Topliss-reactive ketones (excluding diaryl/α,β-unsaturated/α-hetero) is 1. The molecule has 0 unspecified atom stereocenters. The monoisotopic (exact) mass is 302 g/mol. The van der Waals surface area contributed by atoms with Gasteiger partial charge in [0.15, 0.2) is 5.78 Å². The minimum absolute atomic E-state index is 0.0231. The number of thiophene rings is 1. The fraction of sp³-hybridized carbons (Fsp3) is 0.154. The van der Waals surface area contributed by atoms with Crippen LogP contribution in [0.25, 0.3) is 0 Å². The molecule has 6 heteroatoms. The first-order valence-electron chi connectivity index (χ1n) is 5.37. The zero-order valence-electron chi connectivity index (χ0n) is 9.61. The second-order valence-corrected chi connectivity index (χ2v) is 5.51. The average Bonchev–Trinajstić information content (AvgIpc) is 2.74. The Balaban J connectivity index is 2.10. The van der Waals surface area contributed by atoms with Gasteiger partial charge in [0.05, 0.1) is 4.34 Å². The van der Waals surface area contributed by atoms with Crippen molar-refractivity contribution in [1.82, 2.24) is 0 Å². The molecule has 0 atom stereocenters. The Morgan fingerprint density at radius 1 is 1.32 bits per heavy atom. The summed E-state index contributed by atoms with van der Waals surface area (Å²) in [5.41, 5.74) is 0.336. The van der Waals surface area contributed by atoms with Gasteiger partial charge in [0, 0.05) is 16.9 Å². The molecule has 0 radical (unpaired) electrons. The summed E-state index contributed by atoms with van der Waals surface area (Å²) in [4.78, 5) is 12.8. The van der Waals surface area contributed by atoms with Crippen LogP contribution in [-0.4, -0.2) is 12.4 Å². The summed E-state index contributed by atoms with van der Waals surface area (Å²) in [6.07, 6.45) is 0.190. The first-order chi connectivity index (χ1) is 9.04. The van der Waals surface area contributed by atoms with Gasteiger partial charge in [0.2, 0.25) is 0 Å². The van der Waals surface area contributed by atoms with Crippen LogP contribution < -0.4 is 4.74 Å². The molecule has 2 rings (SSSR count). The Hall–Kier alpha value is -1.46. The lowest BCUT2D eigenvalue weighted by Crippen LogP contribution is -2.05. The molecule has 0 N–H and O–H groups in total. The number of benzene rings is 1. The number of ether oxygens (including phenoxy) is 1. The highest BCUT2D eigenvalue weighted by Gasteiger charge is 2.11. The molecule has 1 aromatic heterocycles. The highest BCUT2D eigenvalue weighted by molar-refractivity contribution is 7.16. The van der Waals surface area contributed by atoms with Gasteiger partial charge in [-0.2, -0.15) is 8.78 Å². The minimum atomic E-state index is -2.90. The van der Waals surface area contributed by atoms with Crippen LogP contribution in [0.1, 0.15) is 15.2 Å². The van der Waals surface area contributed by atoms with E-state index < -0.39 is 6.61 Å². The zero-order chi connectivity index (χ0) is 13.8. The van der Waals surface area contributed by atoms with Crippen LogP contribution in [0.2, 0.25) is 4.34 Å². The predicted molar refractivity (Wildman–Crippen MR) is 70.4 cm³/mol. The Morgan fingerprint density at radius 3 is 2.74 bits per heavy atom. The van der Waals surface area contributed by atoms with Crippen molar-refractivity contribution in [3.63, 3.8) is 0 Å². The molecule has 0 saturated carbocycles. The summed E-state index contributed by atoms with van der Waals surface area (Å²) in [6.45, 7) is -2.90. The summed E-state index contributed by atoms with van der Waals surface area (Å²) >= 11 is 7.10. The zero-order valence-corrected chi connectivity index (χ0v) is 11.2. The predicted octanol–water partition coefficient (Wildman–Crippen LogP) is 4.43. The number of carbonyl (C=O) groups is 1. The summed E-state index contributed by atoms with van der Waals surface area (Å²) < 4.78 is 29.0. The molecule has 19 heavy (non-hydrogen) atoms. The summed E-state index contributed by atoms with van der Waals surface area (Å²) in [6, 6.07) is 9.24. The summed E-state index contributed by atoms with van der Waals surface area (Å²) in [5, 5.41) is 0. The fourth-order valence-corrected chi connectivity index (χ4v) is 2.64. The third-order valence-electron chi connectivity index (χ3n) is 2.34. The molecular formula is C13H9ClF2O2S. The van der Waals surface area contributed by atoms with Gasteiger partial charge in [-0.25, -0.2) is 0 Å². The van der Waals surface area contributed by atoms with Crippen LogP contribution in [0.3, 0.4) is 0 Å². The SMILES string of the molecule is O=C(Cc1ccc(Cl)s1)c1cccc(OC(F)F)c1. The first-order valence-corrected chi connectivity index (χ1v) is 6.56. The lowest BCUT2D eigenvalue weighted by molar-refractivity contribution is -0.0498. The third-order valence-corrected chi connectivity index (χ3v) is 3.58. The maximum atomic E-state index is 12.1. The number of alkyl halides is 2. The largest absolute Gasteiger partial charge is 0.435 e. The van der Waals surface area contributed by atoms with Crippen molar-refractivity contribution >= 4 is 28.7 Å². The Bertz CT molecular complexity index is 584. The van der Waals surface area contributed by atoms with Crippen LogP contribution >= 0.6 is 22.9 Å². The van der Waals surface area contributed by atoms with E-state index in [2.05, 4.69) is 4.74 Å². The standard InChI is InChI=1S/C13H9ClF2O2S/c14-12-5-4-10(19-12)7-11(17)8-2-1-3-9(6-8)18-13(15)16/h1-6,13H,7H2. The number of rotatable bonds is 5. The summed E-state index contributed by atoms with van der Waals surface area (Å²) in [5.74, 6) is -0.191. The Kier molecular flexibility index (Phi) is 4.50. The van der Waals surface area contributed by atoms with E-state index in [0.717, 1.165) is 4.88 Å². The molecule has 100 valence electrons. The molecule has 0 aliphatic heterocycles. The van der Waals surface area contributed by atoms with Crippen molar-refractivity contribution in [1.29, 1.82) is 0 Å². The van der Waals surface area contributed by atoms with Gasteiger partial charge in [0.25, 0.3) is 0 Å². The quantitative estimate of drug-likeness (QED) is 0.764. The minimum Gasteiger partial charge on any atom is -0.435 e. The topological polar surface area (TPSA) is 26.3 Å². The van der Waals surface area contributed by atoms with Gasteiger partial charge in [-0.1, -0.05) is 23.7 Å². The molecule has 0 spiro atoms. The highest BCUT2D eigenvalue weighted by Crippen LogP contribution is 2.23. The van der Waals surface area contributed by atoms with Crippen molar-refractivity contribution in [2.45, 2.75) is 13.0 Å². The molecule has 0 aliphatic rings. The molecule has 0 saturated heterocycles. The number of halogens is 3. The molecule has 0 fully saturated rings. The van der Waals surface area contributed by atoms with E-state index >= 15 is 0 Å². The first kappa shape index (κ1) is 14.0. The second-order valence-electron chi connectivity index (χ2n) is 3.71. The van der Waals surface area contributed by atoms with E-state index in [-0.39, 0.29) is 18.0 Å². The van der Waals surface area contributed by atoms with Crippen molar-refractivity contribution < 1.29 is 18.3 Å². The van der Waals surface area contributed by atoms with Crippen molar-refractivity contribution in [2.24, 2.45) is 0 Å². The maximum absolute atomic E-state index is 12.1. The summed E-state index contributed by atoms with van der Waals surface area (Å²) in [7, 11) is 0. The van der Waals surface area contributed by atoms with Crippen LogP contribution in [-0.2, 0) is 6.42 Å². The Morgan fingerprint density at radius 2 is 2.11 bits per heavy atom. The normalized spacial score (nSPS) is 10.7. The molecule has 2 aromatic rings. The fourth-order valence-electron chi connectivity index (χ4n) is 1.55. The second kappa shape index (κ2) is 6.12. The van der Waals surface area contributed by atoms with Gasteiger partial charge < -0.3 is 4.74 Å². The smallest absolute Gasteiger partial charge is 0.387 e. The van der Waals surface area contributed by atoms with E-state index in [9.17, 15) is 13.6 Å². The number of ketones is 1. The van der Waals surface area contributed by atoms with Crippen molar-refractivity contribution in [3.8, 4) is 5.75 Å². The van der Waals surface area contributed by atoms with Gasteiger partial charge in [-0.15, -0.1) is 11.3 Å². The van der Waals surface area contributed by atoms with E-state index in [4.69, 9.17) is 11.6 Å². The lowest BCUT2D eigenvalue weighted by Gasteiger charge is -2.05. The molecule has 1 aromatic carbocycles. The molecule has 1 heterocycles. The van der Waals surface area contributed by atoms with Gasteiger partial charge >= 0.3 is 6.61 Å². The van der Waals surface area contributed by atoms with Crippen LogP contribution in [0, 0.1) is 0 Å². The van der Waals surface area contributed by atoms with E-state index in [0.29, 0.717) is 9.90 Å². The van der Waals surface area contributed by atoms with E-state index in [1.54, 1.807) is 18.2 Å². The van der Waals surface area contributed by atoms with Crippen LogP contribution in [0.5, 0.6) is 5.75 Å². The average molecular weight is 303 g/mol. The van der Waals surface area contributed by atoms with Gasteiger partial charge in [-0.3, -0.25) is 4.79 Å². The third kappa shape index (κ3) is 4.01. The van der Waals surface area contributed by atoms with Crippen LogP contribution in [0.15, 0.2) is 36.4 Å². The molecule has 0 amide bonds. The van der Waals surface area contributed by atoms with E-state index in [1.807, 2.05) is 0 Å². The van der Waals surface area contributed by atoms with E-state index in [1.165, 1.54) is 29.5 Å². The van der Waals surface area contributed by atoms with Gasteiger partial charge in [-0.05, 0) is 24.3 Å². The number of hydrogen-bond donors (Lipinski definition) is 0. The molecule has 2 nitrogen and oxygen atoms in total. The lowest BCUT2D eigenvalue weighted by atomic mass is 10.1. The molecule has 0 bridgehead atoms. The molecular weight excluding hydrogens is 294 g/mol. The van der Waals surface area contributed by atoms with Gasteiger partial charge in [0.1, 0.15) is 5.75 Å². The molecule has 0 aliphatic carbocycles. The number of carbonyl (C=O) groups excluding carboxylic acids is 1. The van der Waals surface area contributed by atoms with Crippen molar-refractivity contribution in [3.05, 3.63) is 51.2 Å². The highest BCUT2D eigenvalue weighted by atomic mass is 35.5.